The van der Waals surface area contributed by atoms with Crippen LogP contribution in [0.5, 0.6) is 5.75 Å². The zero-order valence-corrected chi connectivity index (χ0v) is 13.3. The van der Waals surface area contributed by atoms with Gasteiger partial charge in [-0.3, -0.25) is 0 Å². The van der Waals surface area contributed by atoms with E-state index in [1.165, 1.54) is 0 Å². The molecule has 0 radical (unpaired) electrons. The highest BCUT2D eigenvalue weighted by molar-refractivity contribution is 5.68. The maximum Gasteiger partial charge on any atom is 0.410 e. The molecular formula is C17H25NO3. The van der Waals surface area contributed by atoms with E-state index in [9.17, 15) is 9.90 Å². The number of nitrogens with zero attached hydrogens (tertiary/aromatic N) is 1. The monoisotopic (exact) mass is 291 g/mol. The normalized spacial score (nSPS) is 19.4. The summed E-state index contributed by atoms with van der Waals surface area (Å²) in [7, 11) is 0. The number of hydrogen-bond acceptors (Lipinski definition) is 3. The number of piperidine rings is 1. The molecule has 116 valence electrons. The largest absolute Gasteiger partial charge is 0.508 e. The van der Waals surface area contributed by atoms with Crippen LogP contribution in [0.15, 0.2) is 18.2 Å². The lowest BCUT2D eigenvalue weighted by Crippen LogP contribution is -2.42. The van der Waals surface area contributed by atoms with Crippen molar-refractivity contribution in [3.8, 4) is 5.75 Å². The van der Waals surface area contributed by atoms with Crippen molar-refractivity contribution < 1.29 is 14.6 Å². The molecule has 4 nitrogen and oxygen atoms in total. The summed E-state index contributed by atoms with van der Waals surface area (Å²) in [6.45, 7) is 8.90. The van der Waals surface area contributed by atoms with Crippen LogP contribution >= 0.6 is 0 Å². The summed E-state index contributed by atoms with van der Waals surface area (Å²) >= 11 is 0. The summed E-state index contributed by atoms with van der Waals surface area (Å²) in [5, 5.41) is 10.1. The van der Waals surface area contributed by atoms with E-state index in [1.54, 1.807) is 11.0 Å². The van der Waals surface area contributed by atoms with Gasteiger partial charge in [0.2, 0.25) is 0 Å². The SMILES string of the molecule is Cc1ccc(C2CCCN(C(=O)OC(C)(C)C)C2)c(O)c1. The zero-order valence-electron chi connectivity index (χ0n) is 13.3. The predicted molar refractivity (Wildman–Crippen MR) is 82.6 cm³/mol. The third kappa shape index (κ3) is 4.13. The van der Waals surface area contributed by atoms with Gasteiger partial charge in [0.15, 0.2) is 0 Å². The summed E-state index contributed by atoms with van der Waals surface area (Å²) in [4.78, 5) is 13.9. The summed E-state index contributed by atoms with van der Waals surface area (Å²) in [6, 6.07) is 5.75. The van der Waals surface area contributed by atoms with Gasteiger partial charge in [-0.05, 0) is 57.7 Å². The van der Waals surface area contributed by atoms with Gasteiger partial charge in [0.25, 0.3) is 0 Å². The van der Waals surface area contributed by atoms with Gasteiger partial charge in [-0.1, -0.05) is 12.1 Å². The molecule has 1 unspecified atom stereocenters. The van der Waals surface area contributed by atoms with Crippen LogP contribution in [-0.4, -0.2) is 34.8 Å². The number of aryl methyl sites for hydroxylation is 1. The van der Waals surface area contributed by atoms with Crippen molar-refractivity contribution >= 4 is 6.09 Å². The number of amides is 1. The highest BCUT2D eigenvalue weighted by Gasteiger charge is 2.29. The molecule has 0 bridgehead atoms. The fourth-order valence-corrected chi connectivity index (χ4v) is 2.72. The van der Waals surface area contributed by atoms with Crippen molar-refractivity contribution in [1.82, 2.24) is 4.90 Å². The summed E-state index contributed by atoms with van der Waals surface area (Å²) in [5.74, 6) is 0.498. The van der Waals surface area contributed by atoms with E-state index in [-0.39, 0.29) is 12.0 Å². The highest BCUT2D eigenvalue weighted by atomic mass is 16.6. The van der Waals surface area contributed by atoms with E-state index in [0.717, 1.165) is 30.5 Å². The Kier molecular flexibility index (Phi) is 4.45. The molecule has 4 heteroatoms. The predicted octanol–water partition coefficient (Wildman–Crippen LogP) is 3.82. The van der Waals surface area contributed by atoms with Crippen molar-refractivity contribution in [2.24, 2.45) is 0 Å². The molecule has 1 fully saturated rings. The van der Waals surface area contributed by atoms with Gasteiger partial charge in [-0.25, -0.2) is 4.79 Å². The molecule has 1 aromatic carbocycles. The van der Waals surface area contributed by atoms with Gasteiger partial charge in [-0.2, -0.15) is 0 Å². The Balaban J connectivity index is 2.08. The Labute approximate surface area is 126 Å². The number of phenolic OH excluding ortho intramolecular Hbond substituents is 1. The minimum absolute atomic E-state index is 0.173. The number of likely N-dealkylation sites (tertiary alicyclic amines) is 1. The minimum atomic E-state index is -0.476. The van der Waals surface area contributed by atoms with Gasteiger partial charge in [0.1, 0.15) is 11.4 Å². The maximum absolute atomic E-state index is 12.2. The number of ether oxygens (including phenoxy) is 1. The van der Waals surface area contributed by atoms with Crippen molar-refractivity contribution in [2.45, 2.75) is 52.1 Å². The summed E-state index contributed by atoms with van der Waals surface area (Å²) in [5.41, 5.74) is 1.49. The number of benzene rings is 1. The lowest BCUT2D eigenvalue weighted by Gasteiger charge is -2.34. The van der Waals surface area contributed by atoms with Crippen LogP contribution in [0.25, 0.3) is 0 Å². The average molecular weight is 291 g/mol. The number of aromatic hydroxyl groups is 1. The first kappa shape index (κ1) is 15.7. The summed E-state index contributed by atoms with van der Waals surface area (Å²) < 4.78 is 5.44. The van der Waals surface area contributed by atoms with E-state index in [0.29, 0.717) is 12.3 Å². The van der Waals surface area contributed by atoms with Crippen LogP contribution < -0.4 is 0 Å². The van der Waals surface area contributed by atoms with Crippen LogP contribution in [0, 0.1) is 6.92 Å². The molecule has 1 saturated heterocycles. The highest BCUT2D eigenvalue weighted by Crippen LogP contribution is 2.33. The van der Waals surface area contributed by atoms with Crippen LogP contribution in [0.2, 0.25) is 0 Å². The van der Waals surface area contributed by atoms with Gasteiger partial charge in [0.05, 0.1) is 0 Å². The second kappa shape index (κ2) is 5.96. The topological polar surface area (TPSA) is 49.8 Å². The quantitative estimate of drug-likeness (QED) is 0.856. The Morgan fingerprint density at radius 3 is 2.71 bits per heavy atom. The van der Waals surface area contributed by atoms with Crippen LogP contribution in [0.1, 0.15) is 50.7 Å². The average Bonchev–Trinajstić information content (AvgIpc) is 2.37. The third-order valence-corrected chi connectivity index (χ3v) is 3.70. The molecule has 1 heterocycles. The summed E-state index contributed by atoms with van der Waals surface area (Å²) in [6.07, 6.45) is 1.64. The van der Waals surface area contributed by atoms with Crippen molar-refractivity contribution in [3.05, 3.63) is 29.3 Å². The number of rotatable bonds is 1. The van der Waals surface area contributed by atoms with Gasteiger partial charge >= 0.3 is 6.09 Å². The smallest absolute Gasteiger partial charge is 0.410 e. The molecule has 0 spiro atoms. The molecule has 1 aromatic rings. The molecule has 1 aliphatic rings. The first-order chi connectivity index (χ1) is 9.76. The van der Waals surface area contributed by atoms with E-state index in [2.05, 4.69) is 0 Å². The van der Waals surface area contributed by atoms with E-state index >= 15 is 0 Å². The number of hydrogen-bond donors (Lipinski definition) is 1. The lowest BCUT2D eigenvalue weighted by molar-refractivity contribution is 0.0197. The zero-order chi connectivity index (χ0) is 15.6. The first-order valence-electron chi connectivity index (χ1n) is 7.54. The fraction of sp³-hybridized carbons (Fsp3) is 0.588. The molecule has 1 N–H and O–H groups in total. The van der Waals surface area contributed by atoms with Crippen molar-refractivity contribution in [2.75, 3.05) is 13.1 Å². The lowest BCUT2D eigenvalue weighted by atomic mass is 9.89. The van der Waals surface area contributed by atoms with Crippen LogP contribution in [-0.2, 0) is 4.74 Å². The molecule has 1 aliphatic heterocycles. The Morgan fingerprint density at radius 1 is 1.38 bits per heavy atom. The third-order valence-electron chi connectivity index (χ3n) is 3.70. The molecule has 0 aromatic heterocycles. The maximum atomic E-state index is 12.2. The molecule has 0 saturated carbocycles. The first-order valence-corrected chi connectivity index (χ1v) is 7.54. The Hall–Kier alpha value is -1.71. The number of carbonyl (C=O) groups is 1. The Bertz CT molecular complexity index is 519. The number of carbonyl (C=O) groups excluding carboxylic acids is 1. The van der Waals surface area contributed by atoms with Crippen molar-refractivity contribution in [3.63, 3.8) is 0 Å². The van der Waals surface area contributed by atoms with E-state index in [4.69, 9.17) is 4.74 Å². The molecule has 1 amide bonds. The second-order valence-electron chi connectivity index (χ2n) is 6.83. The minimum Gasteiger partial charge on any atom is -0.508 e. The number of phenols is 1. The van der Waals surface area contributed by atoms with Gasteiger partial charge in [0, 0.05) is 19.0 Å². The van der Waals surface area contributed by atoms with E-state index < -0.39 is 5.60 Å². The molecule has 1 atom stereocenters. The molecular weight excluding hydrogens is 266 g/mol. The van der Waals surface area contributed by atoms with Crippen molar-refractivity contribution in [1.29, 1.82) is 0 Å². The van der Waals surface area contributed by atoms with Crippen LogP contribution in [0.4, 0.5) is 4.79 Å². The fourth-order valence-electron chi connectivity index (χ4n) is 2.72. The molecule has 21 heavy (non-hydrogen) atoms. The van der Waals surface area contributed by atoms with E-state index in [1.807, 2.05) is 39.8 Å². The molecule has 0 aliphatic carbocycles. The Morgan fingerprint density at radius 2 is 2.10 bits per heavy atom. The van der Waals surface area contributed by atoms with Gasteiger partial charge < -0.3 is 14.7 Å². The van der Waals surface area contributed by atoms with Crippen LogP contribution in [0.3, 0.4) is 0 Å². The standard InChI is InChI=1S/C17H25NO3/c1-12-7-8-14(15(19)10-12)13-6-5-9-18(11-13)16(20)21-17(2,3)4/h7-8,10,13,19H,5-6,9,11H2,1-4H3. The molecule has 2 rings (SSSR count). The van der Waals surface area contributed by atoms with Gasteiger partial charge in [-0.15, -0.1) is 0 Å². The second-order valence-corrected chi connectivity index (χ2v) is 6.83.